The molecular formula is C18H23N. The van der Waals surface area contributed by atoms with Gasteiger partial charge in [0.25, 0.3) is 0 Å². The number of aromatic nitrogens is 1. The van der Waals surface area contributed by atoms with Crippen molar-refractivity contribution in [1.82, 2.24) is 4.98 Å². The largest absolute Gasteiger partial charge is 0.256 e. The van der Waals surface area contributed by atoms with Crippen LogP contribution in [0.2, 0.25) is 0 Å². The van der Waals surface area contributed by atoms with Crippen LogP contribution >= 0.6 is 0 Å². The third-order valence-corrected chi connectivity index (χ3v) is 4.69. The van der Waals surface area contributed by atoms with Crippen molar-refractivity contribution in [2.24, 2.45) is 11.8 Å². The second-order valence-corrected chi connectivity index (χ2v) is 6.15. The molecule has 1 aliphatic rings. The summed E-state index contributed by atoms with van der Waals surface area (Å²) in [4.78, 5) is 4.45. The van der Waals surface area contributed by atoms with Crippen LogP contribution in [0.1, 0.15) is 44.6 Å². The molecule has 19 heavy (non-hydrogen) atoms. The Labute approximate surface area is 116 Å². The molecule has 1 aromatic heterocycles. The third kappa shape index (κ3) is 2.97. The smallest absolute Gasteiger partial charge is 0.0704 e. The first-order valence-electron chi connectivity index (χ1n) is 7.65. The van der Waals surface area contributed by atoms with Gasteiger partial charge in [-0.1, -0.05) is 50.8 Å². The van der Waals surface area contributed by atoms with Crippen LogP contribution in [-0.2, 0) is 6.42 Å². The van der Waals surface area contributed by atoms with Crippen LogP contribution in [0.25, 0.3) is 10.9 Å². The van der Waals surface area contributed by atoms with E-state index in [1.165, 1.54) is 49.5 Å². The van der Waals surface area contributed by atoms with Gasteiger partial charge in [0.2, 0.25) is 0 Å². The number of nitrogens with zero attached hydrogens (tertiary/aromatic N) is 1. The number of hydrogen-bond acceptors (Lipinski definition) is 1. The SMILES string of the molecule is CC1CCC(CCc2cccc3ncccc23)CC1. The van der Waals surface area contributed by atoms with Crippen LogP contribution in [0.5, 0.6) is 0 Å². The maximum absolute atomic E-state index is 4.45. The number of benzene rings is 1. The Morgan fingerprint density at radius 3 is 2.74 bits per heavy atom. The van der Waals surface area contributed by atoms with Gasteiger partial charge in [0.05, 0.1) is 5.52 Å². The molecule has 0 saturated heterocycles. The number of pyridine rings is 1. The van der Waals surface area contributed by atoms with Gasteiger partial charge >= 0.3 is 0 Å². The van der Waals surface area contributed by atoms with Gasteiger partial charge in [-0.05, 0) is 42.4 Å². The molecule has 2 aromatic rings. The van der Waals surface area contributed by atoms with E-state index in [9.17, 15) is 0 Å². The molecule has 1 heteroatoms. The lowest BCUT2D eigenvalue weighted by molar-refractivity contribution is 0.278. The first-order valence-corrected chi connectivity index (χ1v) is 7.65. The Morgan fingerprint density at radius 1 is 1.05 bits per heavy atom. The highest BCUT2D eigenvalue weighted by atomic mass is 14.6. The van der Waals surface area contributed by atoms with Crippen molar-refractivity contribution in [3.8, 4) is 0 Å². The average Bonchev–Trinajstić information content (AvgIpc) is 2.47. The van der Waals surface area contributed by atoms with Gasteiger partial charge < -0.3 is 0 Å². The first-order chi connectivity index (χ1) is 9.33. The molecule has 0 atom stereocenters. The Balaban J connectivity index is 1.68. The van der Waals surface area contributed by atoms with Crippen molar-refractivity contribution >= 4 is 10.9 Å². The minimum Gasteiger partial charge on any atom is -0.256 e. The summed E-state index contributed by atoms with van der Waals surface area (Å²) in [6.07, 6.45) is 10.2. The predicted molar refractivity (Wildman–Crippen MR) is 81.2 cm³/mol. The van der Waals surface area contributed by atoms with Crippen LogP contribution in [0.3, 0.4) is 0 Å². The van der Waals surface area contributed by atoms with Crippen molar-refractivity contribution in [2.75, 3.05) is 0 Å². The molecule has 100 valence electrons. The van der Waals surface area contributed by atoms with E-state index in [-0.39, 0.29) is 0 Å². The van der Waals surface area contributed by atoms with Crippen molar-refractivity contribution in [2.45, 2.75) is 45.4 Å². The Hall–Kier alpha value is -1.37. The molecule has 1 fully saturated rings. The minimum atomic E-state index is 0.947. The summed E-state index contributed by atoms with van der Waals surface area (Å²) < 4.78 is 0. The van der Waals surface area contributed by atoms with Crippen LogP contribution in [0, 0.1) is 11.8 Å². The maximum Gasteiger partial charge on any atom is 0.0704 e. The standard InChI is InChI=1S/C18H23N/c1-14-7-9-15(10-8-14)11-12-16-4-2-6-18-17(16)5-3-13-19-18/h2-6,13-15H,7-12H2,1H3. The first kappa shape index (κ1) is 12.7. The summed E-state index contributed by atoms with van der Waals surface area (Å²) >= 11 is 0. The molecule has 1 heterocycles. The maximum atomic E-state index is 4.45. The molecular weight excluding hydrogens is 230 g/mol. The average molecular weight is 253 g/mol. The Bertz CT molecular complexity index is 533. The van der Waals surface area contributed by atoms with E-state index >= 15 is 0 Å². The minimum absolute atomic E-state index is 0.947. The topological polar surface area (TPSA) is 12.9 Å². The van der Waals surface area contributed by atoms with Crippen LogP contribution in [-0.4, -0.2) is 4.98 Å². The monoisotopic (exact) mass is 253 g/mol. The highest BCUT2D eigenvalue weighted by molar-refractivity contribution is 5.81. The van der Waals surface area contributed by atoms with E-state index in [0.717, 1.165) is 17.4 Å². The van der Waals surface area contributed by atoms with Crippen LogP contribution in [0.15, 0.2) is 36.5 Å². The van der Waals surface area contributed by atoms with Gasteiger partial charge in [-0.2, -0.15) is 0 Å². The fourth-order valence-electron chi connectivity index (χ4n) is 3.36. The molecule has 0 bridgehead atoms. The summed E-state index contributed by atoms with van der Waals surface area (Å²) in [6, 6.07) is 10.8. The predicted octanol–water partition coefficient (Wildman–Crippen LogP) is 4.99. The molecule has 0 aliphatic heterocycles. The van der Waals surface area contributed by atoms with Gasteiger partial charge in [-0.25, -0.2) is 0 Å². The summed E-state index contributed by atoms with van der Waals surface area (Å²) in [5, 5.41) is 1.34. The molecule has 0 unspecified atom stereocenters. The molecule has 1 aliphatic carbocycles. The molecule has 3 rings (SSSR count). The van der Waals surface area contributed by atoms with Crippen LogP contribution < -0.4 is 0 Å². The van der Waals surface area contributed by atoms with Gasteiger partial charge in [-0.3, -0.25) is 4.98 Å². The van der Waals surface area contributed by atoms with Crippen molar-refractivity contribution in [1.29, 1.82) is 0 Å². The molecule has 0 amide bonds. The summed E-state index contributed by atoms with van der Waals surface area (Å²) in [5.41, 5.74) is 2.61. The third-order valence-electron chi connectivity index (χ3n) is 4.69. The van der Waals surface area contributed by atoms with E-state index < -0.39 is 0 Å². The second-order valence-electron chi connectivity index (χ2n) is 6.15. The number of fused-ring (bicyclic) bond motifs is 1. The van der Waals surface area contributed by atoms with Crippen molar-refractivity contribution in [3.63, 3.8) is 0 Å². The summed E-state index contributed by atoms with van der Waals surface area (Å²) in [6.45, 7) is 2.40. The van der Waals surface area contributed by atoms with E-state index in [1.807, 2.05) is 12.3 Å². The van der Waals surface area contributed by atoms with Crippen molar-refractivity contribution in [3.05, 3.63) is 42.1 Å². The fraction of sp³-hybridized carbons (Fsp3) is 0.500. The zero-order valence-corrected chi connectivity index (χ0v) is 11.8. The molecule has 0 N–H and O–H groups in total. The summed E-state index contributed by atoms with van der Waals surface area (Å²) in [7, 11) is 0. The van der Waals surface area contributed by atoms with Gasteiger partial charge in [-0.15, -0.1) is 0 Å². The van der Waals surface area contributed by atoms with E-state index in [2.05, 4.69) is 36.2 Å². The zero-order valence-electron chi connectivity index (χ0n) is 11.8. The zero-order chi connectivity index (χ0) is 13.1. The molecule has 0 radical (unpaired) electrons. The highest BCUT2D eigenvalue weighted by Crippen LogP contribution is 2.31. The Kier molecular flexibility index (Phi) is 3.82. The number of hydrogen-bond donors (Lipinski definition) is 0. The molecule has 1 saturated carbocycles. The summed E-state index contributed by atoms with van der Waals surface area (Å²) in [5.74, 6) is 1.90. The van der Waals surface area contributed by atoms with E-state index in [0.29, 0.717) is 0 Å². The van der Waals surface area contributed by atoms with E-state index in [1.54, 1.807) is 0 Å². The Morgan fingerprint density at radius 2 is 1.89 bits per heavy atom. The lowest BCUT2D eigenvalue weighted by atomic mass is 9.80. The van der Waals surface area contributed by atoms with Gasteiger partial charge in [0, 0.05) is 11.6 Å². The molecule has 1 aromatic carbocycles. The quantitative estimate of drug-likeness (QED) is 0.750. The normalized spacial score (nSPS) is 23.6. The lowest BCUT2D eigenvalue weighted by Crippen LogP contribution is -2.13. The van der Waals surface area contributed by atoms with Gasteiger partial charge in [0.15, 0.2) is 0 Å². The van der Waals surface area contributed by atoms with Crippen LogP contribution in [0.4, 0.5) is 0 Å². The second kappa shape index (κ2) is 5.73. The molecule has 0 spiro atoms. The number of aryl methyl sites for hydroxylation is 1. The fourth-order valence-corrected chi connectivity index (χ4v) is 3.36. The van der Waals surface area contributed by atoms with Gasteiger partial charge in [0.1, 0.15) is 0 Å². The molecule has 1 nitrogen and oxygen atoms in total. The number of rotatable bonds is 3. The van der Waals surface area contributed by atoms with Crippen molar-refractivity contribution < 1.29 is 0 Å². The highest BCUT2D eigenvalue weighted by Gasteiger charge is 2.18. The van der Waals surface area contributed by atoms with E-state index in [4.69, 9.17) is 0 Å². The lowest BCUT2D eigenvalue weighted by Gasteiger charge is -2.26.